The number of halogens is 2. The highest BCUT2D eigenvalue weighted by Crippen LogP contribution is 2.40. The molecule has 0 bridgehead atoms. The van der Waals surface area contributed by atoms with Crippen molar-refractivity contribution in [3.8, 4) is 5.75 Å². The van der Waals surface area contributed by atoms with E-state index in [-0.39, 0.29) is 35.0 Å². The van der Waals surface area contributed by atoms with Crippen molar-refractivity contribution in [3.63, 3.8) is 0 Å². The van der Waals surface area contributed by atoms with Crippen LogP contribution in [0.3, 0.4) is 0 Å². The lowest BCUT2D eigenvalue weighted by molar-refractivity contribution is -0.130. The first-order chi connectivity index (χ1) is 15.7. The molecule has 2 aliphatic rings. The summed E-state index contributed by atoms with van der Waals surface area (Å²) in [6.45, 7) is 7.13. The Balaban J connectivity index is 1.57. The molecule has 0 aliphatic carbocycles. The Morgan fingerprint density at radius 1 is 1.15 bits per heavy atom. The van der Waals surface area contributed by atoms with Crippen molar-refractivity contribution in [2.24, 2.45) is 0 Å². The number of piperidine rings is 1. The van der Waals surface area contributed by atoms with Crippen LogP contribution in [0.4, 0.5) is 0 Å². The molecule has 176 valence electrons. The number of H-pyrrole nitrogens is 1. The molecule has 1 N–H and O–H groups in total. The minimum atomic E-state index is -0.264. The first-order valence-electron chi connectivity index (χ1n) is 11.1. The minimum Gasteiger partial charge on any atom is -0.489 e. The van der Waals surface area contributed by atoms with Gasteiger partial charge in [0, 0.05) is 61.7 Å². The molecule has 0 spiro atoms. The molecule has 1 aromatic carbocycles. The highest BCUT2D eigenvalue weighted by Gasteiger charge is 2.32. The van der Waals surface area contributed by atoms with E-state index in [2.05, 4.69) is 4.98 Å². The molecular weight excluding hydrogens is 465 g/mol. The van der Waals surface area contributed by atoms with Crippen LogP contribution in [0.15, 0.2) is 16.9 Å². The van der Waals surface area contributed by atoms with Crippen molar-refractivity contribution in [1.82, 2.24) is 14.8 Å². The standard InChI is InChI=1S/C24H27Cl2N3O4/c1-13-10-14(2)27-23(31)18(13)12-29-9-6-17-19(25)11-20(22(26)21(17)24(29)32)33-16-4-7-28(8-5-16)15(3)30/h10-11,16H,4-9,12H2,1-3H3,(H,27,31). The Morgan fingerprint density at radius 3 is 2.48 bits per heavy atom. The predicted octanol–water partition coefficient (Wildman–Crippen LogP) is 3.89. The van der Waals surface area contributed by atoms with Crippen LogP contribution < -0.4 is 10.3 Å². The van der Waals surface area contributed by atoms with E-state index in [0.717, 1.165) is 11.3 Å². The molecular formula is C24H27Cl2N3O4. The molecule has 0 radical (unpaired) electrons. The van der Waals surface area contributed by atoms with Crippen LogP contribution in [-0.4, -0.2) is 52.3 Å². The fourth-order valence-electron chi connectivity index (χ4n) is 4.59. The summed E-state index contributed by atoms with van der Waals surface area (Å²) >= 11 is 13.2. The number of carbonyl (C=O) groups excluding carboxylic acids is 2. The van der Waals surface area contributed by atoms with Gasteiger partial charge in [0.1, 0.15) is 11.9 Å². The van der Waals surface area contributed by atoms with Gasteiger partial charge in [0.05, 0.1) is 17.1 Å². The molecule has 2 aromatic rings. The number of ether oxygens (including phenoxy) is 1. The molecule has 4 rings (SSSR count). The van der Waals surface area contributed by atoms with Crippen molar-refractivity contribution in [3.05, 3.63) is 60.5 Å². The van der Waals surface area contributed by atoms with E-state index in [9.17, 15) is 14.4 Å². The Bertz CT molecular complexity index is 1170. The first kappa shape index (κ1) is 23.6. The number of benzene rings is 1. The fourth-order valence-corrected chi connectivity index (χ4v) is 5.17. The molecule has 1 fully saturated rings. The summed E-state index contributed by atoms with van der Waals surface area (Å²) in [6.07, 6.45) is 1.79. The predicted molar refractivity (Wildman–Crippen MR) is 127 cm³/mol. The van der Waals surface area contributed by atoms with Gasteiger partial charge in [-0.05, 0) is 37.5 Å². The lowest BCUT2D eigenvalue weighted by atomic mass is 9.97. The summed E-state index contributed by atoms with van der Waals surface area (Å²) in [6, 6.07) is 3.57. The quantitative estimate of drug-likeness (QED) is 0.702. The third kappa shape index (κ3) is 4.75. The number of rotatable bonds is 4. The zero-order valence-corrected chi connectivity index (χ0v) is 20.5. The van der Waals surface area contributed by atoms with Gasteiger partial charge in [-0.25, -0.2) is 0 Å². The molecule has 2 aliphatic heterocycles. The van der Waals surface area contributed by atoms with Crippen molar-refractivity contribution < 1.29 is 14.3 Å². The Labute approximate surface area is 202 Å². The third-order valence-corrected chi connectivity index (χ3v) is 7.15. The van der Waals surface area contributed by atoms with E-state index in [1.807, 2.05) is 19.9 Å². The molecule has 2 amide bonds. The summed E-state index contributed by atoms with van der Waals surface area (Å²) in [5.41, 5.74) is 3.03. The number of aromatic amines is 1. The second kappa shape index (κ2) is 9.39. The van der Waals surface area contributed by atoms with Gasteiger partial charge in [0.2, 0.25) is 5.91 Å². The van der Waals surface area contributed by atoms with Crippen LogP contribution >= 0.6 is 23.2 Å². The number of aryl methyl sites for hydroxylation is 2. The van der Waals surface area contributed by atoms with E-state index >= 15 is 0 Å². The average Bonchev–Trinajstić information content (AvgIpc) is 2.75. The summed E-state index contributed by atoms with van der Waals surface area (Å²) in [4.78, 5) is 43.7. The van der Waals surface area contributed by atoms with E-state index in [0.29, 0.717) is 66.4 Å². The van der Waals surface area contributed by atoms with E-state index in [1.165, 1.54) is 0 Å². The van der Waals surface area contributed by atoms with Crippen molar-refractivity contribution in [1.29, 1.82) is 0 Å². The lowest BCUT2D eigenvalue weighted by Gasteiger charge is -2.33. The number of carbonyl (C=O) groups is 2. The van der Waals surface area contributed by atoms with Crippen molar-refractivity contribution in [2.75, 3.05) is 19.6 Å². The van der Waals surface area contributed by atoms with Crippen LogP contribution in [-0.2, 0) is 17.8 Å². The summed E-state index contributed by atoms with van der Waals surface area (Å²) in [7, 11) is 0. The average molecular weight is 492 g/mol. The van der Waals surface area contributed by atoms with Gasteiger partial charge in [-0.1, -0.05) is 23.2 Å². The fraction of sp³-hybridized carbons (Fsp3) is 0.458. The Kier molecular flexibility index (Phi) is 6.73. The number of amides is 2. The monoisotopic (exact) mass is 491 g/mol. The maximum Gasteiger partial charge on any atom is 0.256 e. The smallest absolute Gasteiger partial charge is 0.256 e. The van der Waals surface area contributed by atoms with Crippen LogP contribution in [0, 0.1) is 13.8 Å². The normalized spacial score (nSPS) is 16.7. The van der Waals surface area contributed by atoms with Crippen LogP contribution in [0.2, 0.25) is 10.0 Å². The largest absolute Gasteiger partial charge is 0.489 e. The van der Waals surface area contributed by atoms with Gasteiger partial charge < -0.3 is 19.5 Å². The van der Waals surface area contributed by atoms with E-state index in [1.54, 1.807) is 22.8 Å². The molecule has 3 heterocycles. The summed E-state index contributed by atoms with van der Waals surface area (Å²) in [5, 5.41) is 0.690. The van der Waals surface area contributed by atoms with Crippen LogP contribution in [0.1, 0.15) is 52.5 Å². The molecule has 0 atom stereocenters. The number of hydrogen-bond donors (Lipinski definition) is 1. The zero-order chi connectivity index (χ0) is 23.9. The van der Waals surface area contributed by atoms with Crippen LogP contribution in [0.5, 0.6) is 5.75 Å². The summed E-state index contributed by atoms with van der Waals surface area (Å²) < 4.78 is 6.13. The molecule has 7 nitrogen and oxygen atoms in total. The number of likely N-dealkylation sites (tertiary alicyclic amines) is 1. The second-order valence-corrected chi connectivity index (χ2v) is 9.55. The molecule has 1 aromatic heterocycles. The van der Waals surface area contributed by atoms with Gasteiger partial charge in [-0.15, -0.1) is 0 Å². The highest BCUT2D eigenvalue weighted by atomic mass is 35.5. The molecule has 9 heteroatoms. The van der Waals surface area contributed by atoms with E-state index in [4.69, 9.17) is 27.9 Å². The number of pyridine rings is 1. The summed E-state index contributed by atoms with van der Waals surface area (Å²) in [5.74, 6) is 0.164. The zero-order valence-electron chi connectivity index (χ0n) is 19.0. The number of nitrogens with one attached hydrogen (secondary N) is 1. The van der Waals surface area contributed by atoms with Gasteiger partial charge in [-0.3, -0.25) is 14.4 Å². The number of hydrogen-bond acceptors (Lipinski definition) is 4. The highest BCUT2D eigenvalue weighted by molar-refractivity contribution is 6.38. The number of aromatic nitrogens is 1. The van der Waals surface area contributed by atoms with Crippen molar-refractivity contribution >= 4 is 35.0 Å². The first-order valence-corrected chi connectivity index (χ1v) is 11.8. The van der Waals surface area contributed by atoms with Gasteiger partial charge >= 0.3 is 0 Å². The van der Waals surface area contributed by atoms with E-state index < -0.39 is 0 Å². The van der Waals surface area contributed by atoms with Crippen molar-refractivity contribution in [2.45, 2.75) is 52.7 Å². The second-order valence-electron chi connectivity index (χ2n) is 8.77. The maximum atomic E-state index is 13.4. The SMILES string of the molecule is CC(=O)N1CCC(Oc2cc(Cl)c3c(c2Cl)C(=O)N(Cc2c(C)cc(C)[nH]c2=O)CC3)CC1. The number of fused-ring (bicyclic) bond motifs is 1. The van der Waals surface area contributed by atoms with Gasteiger partial charge in [0.25, 0.3) is 11.5 Å². The Hall–Kier alpha value is -2.51. The molecule has 1 saturated heterocycles. The minimum absolute atomic E-state index is 0.0524. The van der Waals surface area contributed by atoms with Gasteiger partial charge in [0.15, 0.2) is 0 Å². The Morgan fingerprint density at radius 2 is 1.85 bits per heavy atom. The maximum absolute atomic E-state index is 13.4. The van der Waals surface area contributed by atoms with Crippen LogP contribution in [0.25, 0.3) is 0 Å². The molecule has 0 saturated carbocycles. The molecule has 33 heavy (non-hydrogen) atoms. The topological polar surface area (TPSA) is 82.7 Å². The third-order valence-electron chi connectivity index (χ3n) is 6.44. The lowest BCUT2D eigenvalue weighted by Crippen LogP contribution is -2.41. The van der Waals surface area contributed by atoms with Gasteiger partial charge in [-0.2, -0.15) is 0 Å². The number of nitrogens with zero attached hydrogens (tertiary/aromatic N) is 2. The molecule has 0 unspecified atom stereocenters.